The number of carbonyl (C=O) groups excluding carboxylic acids is 1. The molecular formula is C21H23N3O3. The van der Waals surface area contributed by atoms with Crippen LogP contribution in [0.15, 0.2) is 59.3 Å². The SMILES string of the molecule is COc1ccc(C(=O)NC(C)c2ccc(C)o2)cc1NCc1ccncc1. The Kier molecular flexibility index (Phi) is 5.76. The van der Waals surface area contributed by atoms with Gasteiger partial charge in [-0.2, -0.15) is 0 Å². The molecule has 2 heterocycles. The summed E-state index contributed by atoms with van der Waals surface area (Å²) in [7, 11) is 1.61. The second kappa shape index (κ2) is 8.40. The number of aromatic nitrogens is 1. The summed E-state index contributed by atoms with van der Waals surface area (Å²) in [6, 6.07) is 12.7. The molecule has 0 spiro atoms. The Morgan fingerprint density at radius 2 is 1.96 bits per heavy atom. The molecule has 1 aromatic carbocycles. The maximum atomic E-state index is 12.6. The molecule has 1 atom stereocenters. The van der Waals surface area contributed by atoms with Crippen LogP contribution in [0.4, 0.5) is 5.69 Å². The van der Waals surface area contributed by atoms with E-state index in [4.69, 9.17) is 9.15 Å². The normalized spacial score (nSPS) is 11.7. The van der Waals surface area contributed by atoms with Gasteiger partial charge in [0.1, 0.15) is 17.3 Å². The van der Waals surface area contributed by atoms with Crippen LogP contribution >= 0.6 is 0 Å². The smallest absolute Gasteiger partial charge is 0.251 e. The molecule has 6 heteroatoms. The van der Waals surface area contributed by atoms with E-state index in [9.17, 15) is 4.79 Å². The summed E-state index contributed by atoms with van der Waals surface area (Å²) in [5.74, 6) is 2.05. The number of hydrogen-bond acceptors (Lipinski definition) is 5. The molecule has 0 bridgehead atoms. The maximum Gasteiger partial charge on any atom is 0.251 e. The van der Waals surface area contributed by atoms with E-state index < -0.39 is 0 Å². The van der Waals surface area contributed by atoms with Crippen molar-refractivity contribution in [2.24, 2.45) is 0 Å². The highest BCUT2D eigenvalue weighted by molar-refractivity contribution is 5.95. The Labute approximate surface area is 158 Å². The lowest BCUT2D eigenvalue weighted by molar-refractivity contribution is 0.0935. The topological polar surface area (TPSA) is 76.4 Å². The quantitative estimate of drug-likeness (QED) is 0.659. The largest absolute Gasteiger partial charge is 0.495 e. The van der Waals surface area contributed by atoms with Crippen LogP contribution in [-0.4, -0.2) is 18.0 Å². The van der Waals surface area contributed by atoms with Crippen LogP contribution in [0.25, 0.3) is 0 Å². The van der Waals surface area contributed by atoms with E-state index in [1.807, 2.05) is 38.1 Å². The first kappa shape index (κ1) is 18.5. The van der Waals surface area contributed by atoms with Gasteiger partial charge in [-0.1, -0.05) is 0 Å². The number of anilines is 1. The van der Waals surface area contributed by atoms with E-state index in [1.54, 1.807) is 37.7 Å². The lowest BCUT2D eigenvalue weighted by Gasteiger charge is -2.15. The van der Waals surface area contributed by atoms with Gasteiger partial charge in [0.15, 0.2) is 0 Å². The minimum absolute atomic E-state index is 0.175. The van der Waals surface area contributed by atoms with Gasteiger partial charge < -0.3 is 19.8 Å². The van der Waals surface area contributed by atoms with Gasteiger partial charge in [-0.3, -0.25) is 9.78 Å². The van der Waals surface area contributed by atoms with Crippen molar-refractivity contribution in [3.63, 3.8) is 0 Å². The third-order valence-electron chi connectivity index (χ3n) is 4.23. The van der Waals surface area contributed by atoms with Crippen LogP contribution in [0.2, 0.25) is 0 Å². The molecule has 1 amide bonds. The van der Waals surface area contributed by atoms with Gasteiger partial charge in [-0.05, 0) is 61.9 Å². The molecule has 0 fully saturated rings. The maximum absolute atomic E-state index is 12.6. The molecule has 3 rings (SSSR count). The summed E-state index contributed by atoms with van der Waals surface area (Å²) in [5.41, 5.74) is 2.38. The van der Waals surface area contributed by atoms with Crippen molar-refractivity contribution in [1.82, 2.24) is 10.3 Å². The van der Waals surface area contributed by atoms with E-state index in [2.05, 4.69) is 15.6 Å². The Morgan fingerprint density at radius 3 is 2.63 bits per heavy atom. The summed E-state index contributed by atoms with van der Waals surface area (Å²) in [6.45, 7) is 4.37. The van der Waals surface area contributed by atoms with Crippen LogP contribution in [-0.2, 0) is 6.54 Å². The minimum atomic E-state index is -0.221. The van der Waals surface area contributed by atoms with Gasteiger partial charge in [-0.15, -0.1) is 0 Å². The highest BCUT2D eigenvalue weighted by Crippen LogP contribution is 2.26. The van der Waals surface area contributed by atoms with Crippen molar-refractivity contribution in [3.8, 4) is 5.75 Å². The predicted molar refractivity (Wildman–Crippen MR) is 104 cm³/mol. The summed E-state index contributed by atoms with van der Waals surface area (Å²) >= 11 is 0. The van der Waals surface area contributed by atoms with E-state index in [-0.39, 0.29) is 11.9 Å². The number of nitrogens with one attached hydrogen (secondary N) is 2. The molecule has 140 valence electrons. The molecule has 0 aliphatic heterocycles. The first-order valence-corrected chi connectivity index (χ1v) is 8.75. The van der Waals surface area contributed by atoms with Crippen LogP contribution in [0.1, 0.15) is 40.4 Å². The number of furan rings is 1. The number of benzene rings is 1. The first-order chi connectivity index (χ1) is 13.1. The number of ether oxygens (including phenoxy) is 1. The molecule has 3 aromatic rings. The molecule has 0 aliphatic rings. The molecular weight excluding hydrogens is 342 g/mol. The van der Waals surface area contributed by atoms with E-state index in [1.165, 1.54) is 0 Å². The summed E-state index contributed by atoms with van der Waals surface area (Å²) in [5, 5.41) is 6.27. The monoisotopic (exact) mass is 365 g/mol. The molecule has 0 saturated heterocycles. The third-order valence-corrected chi connectivity index (χ3v) is 4.23. The Bertz CT molecular complexity index is 906. The highest BCUT2D eigenvalue weighted by Gasteiger charge is 2.15. The lowest BCUT2D eigenvalue weighted by Crippen LogP contribution is -2.26. The number of pyridine rings is 1. The number of methoxy groups -OCH3 is 1. The second-order valence-electron chi connectivity index (χ2n) is 6.27. The Balaban J connectivity index is 1.72. The molecule has 6 nitrogen and oxygen atoms in total. The number of hydrogen-bond donors (Lipinski definition) is 2. The van der Waals surface area contributed by atoms with Gasteiger partial charge in [0.2, 0.25) is 0 Å². The van der Waals surface area contributed by atoms with Crippen LogP contribution in [0.5, 0.6) is 5.75 Å². The van der Waals surface area contributed by atoms with Gasteiger partial charge in [0.05, 0.1) is 18.8 Å². The van der Waals surface area contributed by atoms with Gasteiger partial charge in [0, 0.05) is 24.5 Å². The standard InChI is InChI=1S/C21H23N3O3/c1-14-4-6-19(27-14)15(2)24-21(25)17-5-7-20(26-3)18(12-17)23-13-16-8-10-22-11-9-16/h4-12,15,23H,13H2,1-3H3,(H,24,25). The minimum Gasteiger partial charge on any atom is -0.495 e. The third kappa shape index (κ3) is 4.67. The van der Waals surface area contributed by atoms with Crippen molar-refractivity contribution < 1.29 is 13.9 Å². The van der Waals surface area contributed by atoms with Crippen molar-refractivity contribution in [2.75, 3.05) is 12.4 Å². The fraction of sp³-hybridized carbons (Fsp3) is 0.238. The average molecular weight is 365 g/mol. The number of amides is 1. The van der Waals surface area contributed by atoms with E-state index in [0.29, 0.717) is 17.9 Å². The fourth-order valence-corrected chi connectivity index (χ4v) is 2.72. The van der Waals surface area contributed by atoms with Gasteiger partial charge in [-0.25, -0.2) is 0 Å². The fourth-order valence-electron chi connectivity index (χ4n) is 2.72. The van der Waals surface area contributed by atoms with Crippen molar-refractivity contribution in [3.05, 3.63) is 77.5 Å². The number of rotatable bonds is 7. The van der Waals surface area contributed by atoms with E-state index in [0.717, 1.165) is 22.8 Å². The molecule has 2 N–H and O–H groups in total. The molecule has 0 radical (unpaired) electrons. The second-order valence-corrected chi connectivity index (χ2v) is 6.27. The van der Waals surface area contributed by atoms with Gasteiger partial charge >= 0.3 is 0 Å². The molecule has 27 heavy (non-hydrogen) atoms. The molecule has 0 saturated carbocycles. The lowest BCUT2D eigenvalue weighted by atomic mass is 10.1. The highest BCUT2D eigenvalue weighted by atomic mass is 16.5. The van der Waals surface area contributed by atoms with Crippen LogP contribution < -0.4 is 15.4 Å². The van der Waals surface area contributed by atoms with E-state index >= 15 is 0 Å². The Hall–Kier alpha value is -3.28. The van der Waals surface area contributed by atoms with Gasteiger partial charge in [0.25, 0.3) is 5.91 Å². The zero-order valence-electron chi connectivity index (χ0n) is 15.7. The zero-order chi connectivity index (χ0) is 19.2. The Morgan fingerprint density at radius 1 is 1.19 bits per heavy atom. The molecule has 1 unspecified atom stereocenters. The van der Waals surface area contributed by atoms with Crippen LogP contribution in [0, 0.1) is 6.92 Å². The average Bonchev–Trinajstić information content (AvgIpc) is 3.13. The number of carbonyl (C=O) groups is 1. The van der Waals surface area contributed by atoms with Crippen molar-refractivity contribution in [2.45, 2.75) is 26.4 Å². The summed E-state index contributed by atoms with van der Waals surface area (Å²) in [6.07, 6.45) is 3.49. The molecule has 0 aliphatic carbocycles. The summed E-state index contributed by atoms with van der Waals surface area (Å²) in [4.78, 5) is 16.6. The first-order valence-electron chi connectivity index (χ1n) is 8.75. The summed E-state index contributed by atoms with van der Waals surface area (Å²) < 4.78 is 11.0. The number of nitrogens with zero attached hydrogens (tertiary/aromatic N) is 1. The zero-order valence-corrected chi connectivity index (χ0v) is 15.7. The molecule has 2 aromatic heterocycles. The van der Waals surface area contributed by atoms with Crippen molar-refractivity contribution >= 4 is 11.6 Å². The predicted octanol–water partition coefficient (Wildman–Crippen LogP) is 4.09. The van der Waals surface area contributed by atoms with Crippen molar-refractivity contribution in [1.29, 1.82) is 0 Å². The van der Waals surface area contributed by atoms with Crippen LogP contribution in [0.3, 0.4) is 0 Å². The number of aryl methyl sites for hydroxylation is 1.